The number of hydrogen-bond donors (Lipinski definition) is 1. The zero-order chi connectivity index (χ0) is 12.1. The molecule has 0 radical (unpaired) electrons. The average Bonchev–Trinajstić information content (AvgIpc) is 2.90. The van der Waals surface area contributed by atoms with Gasteiger partial charge in [0.05, 0.1) is 12.6 Å². The third-order valence-corrected chi connectivity index (χ3v) is 3.82. The second-order valence-corrected chi connectivity index (χ2v) is 5.09. The highest BCUT2D eigenvalue weighted by molar-refractivity contribution is 5.78. The van der Waals surface area contributed by atoms with Crippen molar-refractivity contribution in [3.8, 4) is 0 Å². The number of hydrogen-bond acceptors (Lipinski definition) is 3. The Morgan fingerprint density at radius 3 is 2.88 bits per heavy atom. The first kappa shape index (κ1) is 12.8. The molecule has 2 heterocycles. The molecule has 2 aliphatic heterocycles. The van der Waals surface area contributed by atoms with Crippen molar-refractivity contribution in [2.75, 3.05) is 26.2 Å². The van der Waals surface area contributed by atoms with E-state index in [1.54, 1.807) is 0 Å². The van der Waals surface area contributed by atoms with Crippen molar-refractivity contribution in [3.05, 3.63) is 0 Å². The van der Waals surface area contributed by atoms with Crippen LogP contribution in [0.2, 0.25) is 0 Å². The molecule has 0 aromatic heterocycles. The monoisotopic (exact) mass is 240 g/mol. The molecule has 17 heavy (non-hydrogen) atoms. The Morgan fingerprint density at radius 2 is 2.18 bits per heavy atom. The van der Waals surface area contributed by atoms with E-state index in [1.165, 1.54) is 12.8 Å². The van der Waals surface area contributed by atoms with E-state index in [-0.39, 0.29) is 5.91 Å². The molecule has 1 amide bonds. The predicted octanol–water partition coefficient (Wildman–Crippen LogP) is 1.16. The Labute approximate surface area is 104 Å². The van der Waals surface area contributed by atoms with Gasteiger partial charge in [0.25, 0.3) is 0 Å². The maximum atomic E-state index is 11.9. The van der Waals surface area contributed by atoms with Crippen molar-refractivity contribution in [3.63, 3.8) is 0 Å². The third kappa shape index (κ3) is 3.68. The van der Waals surface area contributed by atoms with Crippen LogP contribution in [0.25, 0.3) is 0 Å². The van der Waals surface area contributed by atoms with Gasteiger partial charge in [0.2, 0.25) is 5.91 Å². The Bertz CT molecular complexity index is 252. The zero-order valence-electron chi connectivity index (χ0n) is 10.8. The van der Waals surface area contributed by atoms with Crippen LogP contribution in [0, 0.1) is 0 Å². The fourth-order valence-electron chi connectivity index (χ4n) is 2.66. The van der Waals surface area contributed by atoms with Crippen LogP contribution in [0.5, 0.6) is 0 Å². The molecule has 0 aliphatic carbocycles. The first-order valence-electron chi connectivity index (χ1n) is 6.92. The van der Waals surface area contributed by atoms with E-state index in [2.05, 4.69) is 12.2 Å². The second-order valence-electron chi connectivity index (χ2n) is 5.09. The minimum Gasteiger partial charge on any atom is -0.378 e. The number of likely N-dealkylation sites (tertiary alicyclic amines) is 1. The lowest BCUT2D eigenvalue weighted by atomic mass is 10.0. The number of nitrogens with zero attached hydrogens (tertiary/aromatic N) is 1. The molecule has 0 spiro atoms. The summed E-state index contributed by atoms with van der Waals surface area (Å²) in [5, 5.41) is 3.39. The molecular formula is C13H24N2O2. The summed E-state index contributed by atoms with van der Waals surface area (Å²) >= 11 is 0. The van der Waals surface area contributed by atoms with Crippen molar-refractivity contribution >= 4 is 5.91 Å². The smallest absolute Gasteiger partial charge is 0.236 e. The molecule has 2 rings (SSSR count). The van der Waals surface area contributed by atoms with Gasteiger partial charge in [0.1, 0.15) is 0 Å². The molecule has 2 saturated heterocycles. The number of carbonyl (C=O) groups excluding carboxylic acids is 1. The van der Waals surface area contributed by atoms with Crippen LogP contribution in [-0.4, -0.2) is 49.2 Å². The Morgan fingerprint density at radius 1 is 1.41 bits per heavy atom. The maximum absolute atomic E-state index is 11.9. The van der Waals surface area contributed by atoms with Crippen LogP contribution in [0.3, 0.4) is 0 Å². The summed E-state index contributed by atoms with van der Waals surface area (Å²) in [7, 11) is 0. The molecule has 1 N–H and O–H groups in total. The van der Waals surface area contributed by atoms with Gasteiger partial charge in [-0.1, -0.05) is 6.92 Å². The van der Waals surface area contributed by atoms with Gasteiger partial charge in [-0.3, -0.25) is 4.79 Å². The Kier molecular flexibility index (Phi) is 4.80. The average molecular weight is 240 g/mol. The van der Waals surface area contributed by atoms with Crippen molar-refractivity contribution in [1.82, 2.24) is 10.2 Å². The van der Waals surface area contributed by atoms with Crippen LogP contribution in [0.4, 0.5) is 0 Å². The van der Waals surface area contributed by atoms with Crippen LogP contribution in [0.15, 0.2) is 0 Å². The van der Waals surface area contributed by atoms with E-state index in [1.807, 2.05) is 4.90 Å². The van der Waals surface area contributed by atoms with Crippen molar-refractivity contribution < 1.29 is 9.53 Å². The molecule has 0 bridgehead atoms. The summed E-state index contributed by atoms with van der Waals surface area (Å²) in [5.74, 6) is 0.266. The standard InChI is InChI=1S/C13H24N2O2/c1-2-12-9-11(5-8-17-12)14-10-13(16)15-6-3-4-7-15/h11-12,14H,2-10H2,1H3. The van der Waals surface area contributed by atoms with Gasteiger partial charge in [-0.25, -0.2) is 0 Å². The van der Waals surface area contributed by atoms with E-state index >= 15 is 0 Å². The largest absolute Gasteiger partial charge is 0.378 e. The predicted molar refractivity (Wildman–Crippen MR) is 66.9 cm³/mol. The van der Waals surface area contributed by atoms with E-state index < -0.39 is 0 Å². The quantitative estimate of drug-likeness (QED) is 0.801. The molecule has 2 unspecified atom stereocenters. The summed E-state index contributed by atoms with van der Waals surface area (Å²) in [4.78, 5) is 13.8. The van der Waals surface area contributed by atoms with Crippen LogP contribution in [0.1, 0.15) is 39.0 Å². The molecule has 0 aromatic carbocycles. The van der Waals surface area contributed by atoms with Crippen molar-refractivity contribution in [1.29, 1.82) is 0 Å². The van der Waals surface area contributed by atoms with Crippen LogP contribution < -0.4 is 5.32 Å². The number of rotatable bonds is 4. The van der Waals surface area contributed by atoms with Gasteiger partial charge >= 0.3 is 0 Å². The number of carbonyl (C=O) groups is 1. The molecule has 2 atom stereocenters. The lowest BCUT2D eigenvalue weighted by Crippen LogP contribution is -2.44. The van der Waals surface area contributed by atoms with Crippen molar-refractivity contribution in [2.24, 2.45) is 0 Å². The number of nitrogens with one attached hydrogen (secondary N) is 1. The van der Waals surface area contributed by atoms with Gasteiger partial charge in [0, 0.05) is 25.7 Å². The lowest BCUT2D eigenvalue weighted by Gasteiger charge is -2.30. The van der Waals surface area contributed by atoms with E-state index in [0.717, 1.165) is 39.0 Å². The molecule has 0 aromatic rings. The molecule has 0 saturated carbocycles. The van der Waals surface area contributed by atoms with Gasteiger partial charge < -0.3 is 15.0 Å². The van der Waals surface area contributed by atoms with E-state index in [0.29, 0.717) is 18.7 Å². The summed E-state index contributed by atoms with van der Waals surface area (Å²) in [6.45, 7) is 5.38. The minimum absolute atomic E-state index is 0.266. The first-order valence-corrected chi connectivity index (χ1v) is 6.92. The Hall–Kier alpha value is -0.610. The molecule has 4 nitrogen and oxygen atoms in total. The van der Waals surface area contributed by atoms with Gasteiger partial charge in [-0.2, -0.15) is 0 Å². The summed E-state index contributed by atoms with van der Waals surface area (Å²) < 4.78 is 5.63. The van der Waals surface area contributed by atoms with Gasteiger partial charge in [-0.05, 0) is 32.1 Å². The molecule has 2 fully saturated rings. The van der Waals surface area contributed by atoms with Crippen molar-refractivity contribution in [2.45, 2.75) is 51.2 Å². The Balaban J connectivity index is 1.68. The summed E-state index contributed by atoms with van der Waals surface area (Å²) in [5.41, 5.74) is 0. The first-order chi connectivity index (χ1) is 8.29. The summed E-state index contributed by atoms with van der Waals surface area (Å²) in [6.07, 6.45) is 5.86. The zero-order valence-corrected chi connectivity index (χ0v) is 10.8. The lowest BCUT2D eigenvalue weighted by molar-refractivity contribution is -0.129. The highest BCUT2D eigenvalue weighted by Gasteiger charge is 2.23. The minimum atomic E-state index is 0.266. The highest BCUT2D eigenvalue weighted by Crippen LogP contribution is 2.16. The number of ether oxygens (including phenoxy) is 1. The van der Waals surface area contributed by atoms with E-state index in [9.17, 15) is 4.79 Å². The topological polar surface area (TPSA) is 41.6 Å². The maximum Gasteiger partial charge on any atom is 0.236 e. The van der Waals surface area contributed by atoms with Crippen LogP contribution >= 0.6 is 0 Å². The number of amides is 1. The second kappa shape index (κ2) is 6.36. The van der Waals surface area contributed by atoms with E-state index in [4.69, 9.17) is 4.74 Å². The van der Waals surface area contributed by atoms with Gasteiger partial charge in [0.15, 0.2) is 0 Å². The summed E-state index contributed by atoms with van der Waals surface area (Å²) in [6, 6.07) is 0.459. The third-order valence-electron chi connectivity index (χ3n) is 3.82. The molecule has 4 heteroatoms. The normalized spacial score (nSPS) is 29.6. The molecule has 2 aliphatic rings. The highest BCUT2D eigenvalue weighted by atomic mass is 16.5. The SMILES string of the molecule is CCC1CC(NCC(=O)N2CCCC2)CCO1. The fourth-order valence-corrected chi connectivity index (χ4v) is 2.66. The van der Waals surface area contributed by atoms with Crippen LogP contribution in [-0.2, 0) is 9.53 Å². The van der Waals surface area contributed by atoms with Gasteiger partial charge in [-0.15, -0.1) is 0 Å². The fraction of sp³-hybridized carbons (Fsp3) is 0.923. The molecular weight excluding hydrogens is 216 g/mol. The molecule has 98 valence electrons.